The van der Waals surface area contributed by atoms with Gasteiger partial charge in [-0.1, -0.05) is 12.1 Å². The van der Waals surface area contributed by atoms with Crippen LogP contribution < -0.4 is 0 Å². The van der Waals surface area contributed by atoms with E-state index >= 15 is 0 Å². The van der Waals surface area contributed by atoms with Crippen LogP contribution in [-0.4, -0.2) is 21.0 Å². The van der Waals surface area contributed by atoms with Crippen LogP contribution in [0, 0.1) is 0 Å². The maximum Gasteiger partial charge on any atom is 0.335 e. The fourth-order valence-electron chi connectivity index (χ4n) is 1.58. The van der Waals surface area contributed by atoms with Gasteiger partial charge in [0.25, 0.3) is 5.22 Å². The minimum Gasteiger partial charge on any atom is -0.478 e. The molecule has 0 spiro atoms. The van der Waals surface area contributed by atoms with Gasteiger partial charge in [0.2, 0.25) is 0 Å². The van der Waals surface area contributed by atoms with Crippen molar-refractivity contribution in [2.24, 2.45) is 0 Å². The zero-order chi connectivity index (χ0) is 13.2. The second-order valence-electron chi connectivity index (χ2n) is 3.74. The van der Waals surface area contributed by atoms with E-state index in [1.54, 1.807) is 0 Å². The standard InChI is InChI=1S/C13H8N2O3S/c16-12(17)8-5-6-14-11(7-8)19-13-15-9-3-1-2-4-10(9)18-13/h1-7H,(H,16,17). The van der Waals surface area contributed by atoms with E-state index in [0.29, 0.717) is 15.8 Å². The second kappa shape index (κ2) is 4.74. The van der Waals surface area contributed by atoms with Gasteiger partial charge in [-0.25, -0.2) is 14.8 Å². The number of carboxylic acid groups (broad SMARTS) is 1. The van der Waals surface area contributed by atoms with Crippen LogP contribution in [-0.2, 0) is 0 Å². The monoisotopic (exact) mass is 272 g/mol. The Morgan fingerprint density at radius 3 is 2.89 bits per heavy atom. The third-order valence-corrected chi connectivity index (χ3v) is 3.23. The smallest absolute Gasteiger partial charge is 0.335 e. The summed E-state index contributed by atoms with van der Waals surface area (Å²) in [5.41, 5.74) is 1.65. The molecule has 0 amide bonds. The first-order valence-electron chi connectivity index (χ1n) is 5.45. The summed E-state index contributed by atoms with van der Waals surface area (Å²) in [5, 5.41) is 9.89. The summed E-state index contributed by atoms with van der Waals surface area (Å²) in [5.74, 6) is -0.984. The van der Waals surface area contributed by atoms with Crippen LogP contribution >= 0.6 is 11.8 Å². The van der Waals surface area contributed by atoms with Gasteiger partial charge in [0, 0.05) is 6.20 Å². The molecule has 0 aliphatic heterocycles. The average molecular weight is 272 g/mol. The fourth-order valence-corrected chi connectivity index (χ4v) is 2.34. The van der Waals surface area contributed by atoms with Crippen molar-refractivity contribution in [1.29, 1.82) is 0 Å². The first kappa shape index (κ1) is 11.7. The first-order chi connectivity index (χ1) is 9.22. The summed E-state index contributed by atoms with van der Waals surface area (Å²) in [7, 11) is 0. The van der Waals surface area contributed by atoms with Crippen LogP contribution in [0.25, 0.3) is 11.1 Å². The molecule has 5 nitrogen and oxygen atoms in total. The van der Waals surface area contributed by atoms with E-state index in [9.17, 15) is 4.79 Å². The van der Waals surface area contributed by atoms with Gasteiger partial charge in [-0.3, -0.25) is 0 Å². The zero-order valence-electron chi connectivity index (χ0n) is 9.61. The highest BCUT2D eigenvalue weighted by atomic mass is 32.2. The number of aromatic nitrogens is 2. The molecular weight excluding hydrogens is 264 g/mol. The van der Waals surface area contributed by atoms with E-state index in [4.69, 9.17) is 9.52 Å². The maximum absolute atomic E-state index is 10.9. The highest BCUT2D eigenvalue weighted by molar-refractivity contribution is 7.99. The van der Waals surface area contributed by atoms with Crippen LogP contribution in [0.4, 0.5) is 0 Å². The molecule has 0 radical (unpaired) electrons. The Labute approximate surface area is 112 Å². The van der Waals surface area contributed by atoms with Gasteiger partial charge in [-0.05, 0) is 36.0 Å². The number of carboxylic acids is 1. The Hall–Kier alpha value is -2.34. The number of oxazole rings is 1. The van der Waals surface area contributed by atoms with Crippen molar-refractivity contribution in [2.75, 3.05) is 0 Å². The molecule has 0 atom stereocenters. The minimum atomic E-state index is -0.984. The van der Waals surface area contributed by atoms with Gasteiger partial charge in [0.15, 0.2) is 5.58 Å². The number of carbonyl (C=O) groups is 1. The second-order valence-corrected chi connectivity index (χ2v) is 4.71. The first-order valence-corrected chi connectivity index (χ1v) is 6.27. The largest absolute Gasteiger partial charge is 0.478 e. The van der Waals surface area contributed by atoms with E-state index in [1.807, 2.05) is 24.3 Å². The number of hydrogen-bond acceptors (Lipinski definition) is 5. The molecule has 3 rings (SSSR count). The van der Waals surface area contributed by atoms with E-state index in [1.165, 1.54) is 30.1 Å². The molecule has 6 heteroatoms. The van der Waals surface area contributed by atoms with Gasteiger partial charge < -0.3 is 9.52 Å². The predicted molar refractivity (Wildman–Crippen MR) is 69.3 cm³/mol. The maximum atomic E-state index is 10.9. The van der Waals surface area contributed by atoms with E-state index in [-0.39, 0.29) is 5.56 Å². The summed E-state index contributed by atoms with van der Waals surface area (Å²) < 4.78 is 5.54. The molecule has 1 N–H and O–H groups in total. The third-order valence-electron chi connectivity index (χ3n) is 2.45. The molecule has 3 aromatic rings. The Kier molecular flexibility index (Phi) is 2.92. The molecule has 0 unspecified atom stereocenters. The molecule has 2 aromatic heterocycles. The van der Waals surface area contributed by atoms with Gasteiger partial charge in [0.05, 0.1) is 5.56 Å². The summed E-state index contributed by atoms with van der Waals surface area (Å²) >= 11 is 1.19. The molecule has 1 aromatic carbocycles. The zero-order valence-corrected chi connectivity index (χ0v) is 10.4. The van der Waals surface area contributed by atoms with Crippen LogP contribution in [0.15, 0.2) is 57.3 Å². The number of pyridine rings is 1. The van der Waals surface area contributed by atoms with Crippen molar-refractivity contribution in [3.63, 3.8) is 0 Å². The van der Waals surface area contributed by atoms with Crippen LogP contribution in [0.5, 0.6) is 0 Å². The lowest BCUT2D eigenvalue weighted by atomic mass is 10.3. The quantitative estimate of drug-likeness (QED) is 0.789. The van der Waals surface area contributed by atoms with Crippen molar-refractivity contribution in [3.05, 3.63) is 48.2 Å². The Bertz CT molecular complexity index is 721. The van der Waals surface area contributed by atoms with Crippen molar-refractivity contribution in [2.45, 2.75) is 10.2 Å². The molecule has 2 heterocycles. The third kappa shape index (κ3) is 2.43. The van der Waals surface area contributed by atoms with Crippen LogP contribution in [0.3, 0.4) is 0 Å². The van der Waals surface area contributed by atoms with E-state index in [0.717, 1.165) is 5.52 Å². The topological polar surface area (TPSA) is 76.2 Å². The summed E-state index contributed by atoms with van der Waals surface area (Å²) in [6.07, 6.45) is 1.45. The normalized spacial score (nSPS) is 10.7. The van der Waals surface area contributed by atoms with Gasteiger partial charge >= 0.3 is 5.97 Å². The number of rotatable bonds is 3. The highest BCUT2D eigenvalue weighted by Crippen LogP contribution is 2.28. The van der Waals surface area contributed by atoms with E-state index < -0.39 is 5.97 Å². The molecule has 0 saturated carbocycles. The number of fused-ring (bicyclic) bond motifs is 1. The Morgan fingerprint density at radius 2 is 2.11 bits per heavy atom. The van der Waals surface area contributed by atoms with Crippen LogP contribution in [0.2, 0.25) is 0 Å². The van der Waals surface area contributed by atoms with Gasteiger partial charge in [-0.2, -0.15) is 0 Å². The molecule has 0 aliphatic rings. The molecule has 0 bridgehead atoms. The molecule has 19 heavy (non-hydrogen) atoms. The molecule has 0 saturated heterocycles. The number of hydrogen-bond donors (Lipinski definition) is 1. The summed E-state index contributed by atoms with van der Waals surface area (Å²) in [6, 6.07) is 10.4. The molecule has 0 aliphatic carbocycles. The fraction of sp³-hybridized carbons (Fsp3) is 0. The minimum absolute atomic E-state index is 0.189. The predicted octanol–water partition coefficient (Wildman–Crippen LogP) is 3.07. The number of benzene rings is 1. The van der Waals surface area contributed by atoms with Crippen molar-refractivity contribution in [1.82, 2.24) is 9.97 Å². The Morgan fingerprint density at radius 1 is 1.26 bits per heavy atom. The Balaban J connectivity index is 1.92. The molecule has 0 fully saturated rings. The van der Waals surface area contributed by atoms with Crippen molar-refractivity contribution >= 4 is 28.8 Å². The van der Waals surface area contributed by atoms with Gasteiger partial charge in [0.1, 0.15) is 10.5 Å². The highest BCUT2D eigenvalue weighted by Gasteiger charge is 2.10. The van der Waals surface area contributed by atoms with Gasteiger partial charge in [-0.15, -0.1) is 0 Å². The molecule has 94 valence electrons. The lowest BCUT2D eigenvalue weighted by Crippen LogP contribution is -1.96. The number of aromatic carboxylic acids is 1. The summed E-state index contributed by atoms with van der Waals surface area (Å²) in [6.45, 7) is 0. The lowest BCUT2D eigenvalue weighted by molar-refractivity contribution is 0.0696. The lowest BCUT2D eigenvalue weighted by Gasteiger charge is -1.97. The average Bonchev–Trinajstić information content (AvgIpc) is 2.81. The summed E-state index contributed by atoms with van der Waals surface area (Å²) in [4.78, 5) is 19.2. The number of nitrogens with zero attached hydrogens (tertiary/aromatic N) is 2. The molecular formula is C13H8N2O3S. The SMILES string of the molecule is O=C(O)c1ccnc(Sc2nc3ccccc3o2)c1. The number of para-hydroxylation sites is 2. The van der Waals surface area contributed by atoms with Crippen LogP contribution in [0.1, 0.15) is 10.4 Å². The van der Waals surface area contributed by atoms with Crippen molar-refractivity contribution in [3.8, 4) is 0 Å². The van der Waals surface area contributed by atoms with Crippen molar-refractivity contribution < 1.29 is 14.3 Å². The van der Waals surface area contributed by atoms with E-state index in [2.05, 4.69) is 9.97 Å².